The summed E-state index contributed by atoms with van der Waals surface area (Å²) >= 11 is 0. The van der Waals surface area contributed by atoms with Gasteiger partial charge in [0, 0.05) is 5.61 Å². The number of hydrogen-bond acceptors (Lipinski definition) is 2. The lowest BCUT2D eigenvalue weighted by Crippen LogP contribution is -2.41. The van der Waals surface area contributed by atoms with Crippen molar-refractivity contribution in [1.29, 1.82) is 0 Å². The molecule has 0 bridgehead atoms. The van der Waals surface area contributed by atoms with E-state index >= 15 is 0 Å². The fraction of sp³-hybridized carbons (Fsp3) is 0. The largest absolute Gasteiger partial charge is 0.386 e. The number of nitrogens with zero attached hydrogens (tertiary/aromatic N) is 2. The fourth-order valence-corrected chi connectivity index (χ4v) is 1.49. The predicted octanol–water partition coefficient (Wildman–Crippen LogP) is -0.824. The molecule has 1 aliphatic rings. The summed E-state index contributed by atoms with van der Waals surface area (Å²) < 4.78 is 5.65. The molecular formula is C5H4BN2Si3. The van der Waals surface area contributed by atoms with E-state index in [1.54, 1.807) is 4.14 Å². The van der Waals surface area contributed by atoms with Crippen LogP contribution in [-0.2, 0) is 0 Å². The summed E-state index contributed by atoms with van der Waals surface area (Å²) in [6, 6.07) is 0. The number of rotatable bonds is 1. The van der Waals surface area contributed by atoms with Gasteiger partial charge in [0.1, 0.15) is 20.8 Å². The molecule has 2 nitrogen and oxygen atoms in total. The minimum atomic E-state index is 0.130. The second kappa shape index (κ2) is 4.00. The van der Waals surface area contributed by atoms with E-state index in [1.165, 1.54) is 0 Å². The maximum absolute atomic E-state index is 3.93. The van der Waals surface area contributed by atoms with Crippen LogP contribution in [0.15, 0.2) is 28.9 Å². The molecule has 0 saturated carbocycles. The van der Waals surface area contributed by atoms with Crippen LogP contribution in [0.4, 0.5) is 0 Å². The minimum Gasteiger partial charge on any atom is -0.386 e. The van der Waals surface area contributed by atoms with Crippen molar-refractivity contribution in [3.8, 4) is 0 Å². The zero-order valence-electron chi connectivity index (χ0n) is 5.78. The molecule has 1 aliphatic heterocycles. The third-order valence-electron chi connectivity index (χ3n) is 1.38. The normalized spacial score (nSPS) is 20.4. The van der Waals surface area contributed by atoms with Crippen LogP contribution in [0.25, 0.3) is 0 Å². The molecule has 0 amide bonds. The van der Waals surface area contributed by atoms with E-state index in [9.17, 15) is 0 Å². The van der Waals surface area contributed by atoms with E-state index in [0.29, 0.717) is 0 Å². The van der Waals surface area contributed by atoms with Gasteiger partial charge in [0.05, 0.1) is 0 Å². The first-order valence-corrected chi connectivity index (χ1v) is 4.40. The summed E-state index contributed by atoms with van der Waals surface area (Å²) in [6.45, 7) is 0.130. The van der Waals surface area contributed by atoms with Crippen molar-refractivity contribution >= 4 is 43.7 Å². The first-order chi connectivity index (χ1) is 5.25. The van der Waals surface area contributed by atoms with Gasteiger partial charge in [-0.2, -0.15) is 0 Å². The summed E-state index contributed by atoms with van der Waals surface area (Å²) in [5.41, 5.74) is 0.939. The van der Waals surface area contributed by atoms with Crippen molar-refractivity contribution in [3.05, 3.63) is 24.2 Å². The van der Waals surface area contributed by atoms with Crippen LogP contribution in [0.3, 0.4) is 0 Å². The Bertz CT molecular complexity index is 224. The van der Waals surface area contributed by atoms with Crippen molar-refractivity contribution < 1.29 is 0 Å². The lowest BCUT2D eigenvalue weighted by Gasteiger charge is -2.18. The van der Waals surface area contributed by atoms with Crippen molar-refractivity contribution in [1.82, 2.24) is 4.14 Å². The highest BCUT2D eigenvalue weighted by atomic mass is 28.2. The molecule has 0 aromatic heterocycles. The summed E-state index contributed by atoms with van der Waals surface area (Å²) in [6.07, 6.45) is 5.85. The molecule has 1 rings (SSSR count). The zero-order chi connectivity index (χ0) is 8.27. The zero-order valence-corrected chi connectivity index (χ0v) is 8.78. The monoisotopic (exact) mass is 187 g/mol. The van der Waals surface area contributed by atoms with Crippen LogP contribution in [0.2, 0.25) is 0 Å². The SMILES string of the molecule is [Si]/N=C1\C=CC=CB1N([Si])[Si]. The summed E-state index contributed by atoms with van der Waals surface area (Å²) in [4.78, 5) is 0. The van der Waals surface area contributed by atoms with Crippen LogP contribution >= 0.6 is 0 Å². The second-order valence-corrected chi connectivity index (χ2v) is 3.73. The third kappa shape index (κ3) is 2.13. The topological polar surface area (TPSA) is 15.6 Å². The van der Waals surface area contributed by atoms with Crippen molar-refractivity contribution in [3.63, 3.8) is 0 Å². The predicted molar refractivity (Wildman–Crippen MR) is 50.6 cm³/mol. The smallest absolute Gasteiger partial charge is 0.289 e. The highest BCUT2D eigenvalue weighted by Gasteiger charge is 2.18. The minimum absolute atomic E-state index is 0.130. The number of allylic oxidation sites excluding steroid dienone is 3. The van der Waals surface area contributed by atoms with Crippen molar-refractivity contribution in [2.75, 3.05) is 0 Å². The molecule has 6 heteroatoms. The molecule has 0 atom stereocenters. The molecule has 0 saturated heterocycles. The maximum atomic E-state index is 3.93. The van der Waals surface area contributed by atoms with E-state index in [4.69, 9.17) is 0 Å². The second-order valence-electron chi connectivity index (χ2n) is 2.10. The van der Waals surface area contributed by atoms with Gasteiger partial charge in [0.2, 0.25) is 10.4 Å². The number of hydrogen-bond donors (Lipinski definition) is 0. The van der Waals surface area contributed by atoms with Gasteiger partial charge in [-0.05, 0) is 6.08 Å². The lowest BCUT2D eigenvalue weighted by molar-refractivity contribution is 1.14. The van der Waals surface area contributed by atoms with Crippen LogP contribution in [0, 0.1) is 0 Å². The van der Waals surface area contributed by atoms with E-state index in [1.807, 2.05) is 24.2 Å². The van der Waals surface area contributed by atoms with Gasteiger partial charge in [-0.1, -0.05) is 18.1 Å². The molecule has 1 heterocycles. The van der Waals surface area contributed by atoms with Gasteiger partial charge in [0.15, 0.2) is 0 Å². The van der Waals surface area contributed by atoms with Crippen LogP contribution in [-0.4, -0.2) is 47.8 Å². The summed E-state index contributed by atoms with van der Waals surface area (Å²) in [5.74, 6) is 2.01. The Kier molecular flexibility index (Phi) is 3.25. The average molecular weight is 187 g/mol. The Morgan fingerprint density at radius 2 is 2.09 bits per heavy atom. The highest BCUT2D eigenvalue weighted by molar-refractivity contribution is 6.99. The Hall–Kier alpha value is -0.174. The standard InChI is InChI=1S/C5H4BN2Si3/c9-7-5-3-1-2-4-6(5)8(10)11/h1-4H/b7-5+. The molecule has 0 fully saturated rings. The van der Waals surface area contributed by atoms with E-state index in [2.05, 4.69) is 35.9 Å². The van der Waals surface area contributed by atoms with E-state index < -0.39 is 0 Å². The molecule has 9 radical (unpaired) electrons. The summed E-state index contributed by atoms with van der Waals surface area (Å²) in [7, 11) is 9.75. The van der Waals surface area contributed by atoms with Crippen molar-refractivity contribution in [2.24, 2.45) is 4.66 Å². The first-order valence-electron chi connectivity index (χ1n) is 3.06. The van der Waals surface area contributed by atoms with Gasteiger partial charge < -0.3 is 8.80 Å². The Morgan fingerprint density at radius 3 is 2.55 bits per heavy atom. The van der Waals surface area contributed by atoms with Crippen LogP contribution in [0.5, 0.6) is 0 Å². The van der Waals surface area contributed by atoms with Gasteiger partial charge in [-0.15, -0.1) is 0 Å². The lowest BCUT2D eigenvalue weighted by atomic mass is 9.57. The molecule has 0 N–H and O–H groups in total. The van der Waals surface area contributed by atoms with Gasteiger partial charge >= 0.3 is 0 Å². The van der Waals surface area contributed by atoms with Gasteiger partial charge in [0.25, 0.3) is 6.85 Å². The molecule has 0 aliphatic carbocycles. The van der Waals surface area contributed by atoms with Crippen molar-refractivity contribution in [2.45, 2.75) is 0 Å². The molecule has 0 spiro atoms. The van der Waals surface area contributed by atoms with Crippen LogP contribution < -0.4 is 0 Å². The van der Waals surface area contributed by atoms with Gasteiger partial charge in [-0.3, -0.25) is 0 Å². The molecular weight excluding hydrogens is 183 g/mol. The molecule has 0 aromatic rings. The average Bonchev–Trinajstić information content (AvgIpc) is 2.04. The third-order valence-corrected chi connectivity index (χ3v) is 2.20. The first kappa shape index (κ1) is 8.92. The van der Waals surface area contributed by atoms with E-state index in [-0.39, 0.29) is 6.85 Å². The molecule has 0 unspecified atom stereocenters. The Labute approximate surface area is 77.1 Å². The molecule has 49 valence electrons. The highest BCUT2D eigenvalue weighted by Crippen LogP contribution is 2.00. The van der Waals surface area contributed by atoms with Crippen LogP contribution in [0.1, 0.15) is 0 Å². The Balaban J connectivity index is 2.80. The molecule has 11 heavy (non-hydrogen) atoms. The quantitative estimate of drug-likeness (QED) is 0.489. The summed E-state index contributed by atoms with van der Waals surface area (Å²) in [5, 5.41) is 0. The van der Waals surface area contributed by atoms with Gasteiger partial charge in [-0.25, -0.2) is 0 Å². The fourth-order valence-electron chi connectivity index (χ4n) is 0.842. The Morgan fingerprint density at radius 1 is 1.36 bits per heavy atom. The maximum Gasteiger partial charge on any atom is 0.289 e. The van der Waals surface area contributed by atoms with E-state index in [0.717, 1.165) is 5.61 Å². The molecule has 0 aromatic carbocycles.